The van der Waals surface area contributed by atoms with Crippen molar-refractivity contribution in [3.05, 3.63) is 0 Å². The second-order valence-electron chi connectivity index (χ2n) is 6.36. The minimum absolute atomic E-state index is 0.0182. The Bertz CT molecular complexity index is 281. The summed E-state index contributed by atoms with van der Waals surface area (Å²) in [5, 5.41) is 3.30. The van der Waals surface area contributed by atoms with Gasteiger partial charge in [0.25, 0.3) is 0 Å². The second-order valence-corrected chi connectivity index (χ2v) is 6.36. The molecule has 0 heterocycles. The highest BCUT2D eigenvalue weighted by atomic mass is 16.5. The summed E-state index contributed by atoms with van der Waals surface area (Å²) in [4.78, 5) is 12.0. The lowest BCUT2D eigenvalue weighted by molar-refractivity contribution is -0.150. The minimum atomic E-state index is -0.698. The van der Waals surface area contributed by atoms with E-state index in [0.717, 1.165) is 6.61 Å². The summed E-state index contributed by atoms with van der Waals surface area (Å²) in [5.74, 6) is 0.327. The summed E-state index contributed by atoms with van der Waals surface area (Å²) >= 11 is 0. The molecular formula is C16H33NO3. The van der Waals surface area contributed by atoms with Crippen LogP contribution in [0.15, 0.2) is 0 Å². The Kier molecular flexibility index (Phi) is 9.06. The quantitative estimate of drug-likeness (QED) is 0.627. The molecule has 0 aliphatic rings. The van der Waals surface area contributed by atoms with Gasteiger partial charge in [0.2, 0.25) is 0 Å². The van der Waals surface area contributed by atoms with E-state index in [2.05, 4.69) is 19.2 Å². The number of esters is 1. The topological polar surface area (TPSA) is 47.6 Å². The van der Waals surface area contributed by atoms with Gasteiger partial charge < -0.3 is 9.47 Å². The molecule has 4 heteroatoms. The number of hydrogen-bond acceptors (Lipinski definition) is 4. The number of carbonyl (C=O) groups excluding carboxylic acids is 1. The predicted octanol–water partition coefficient (Wildman–Crippen LogP) is 3.15. The lowest BCUT2D eigenvalue weighted by atomic mass is 9.93. The zero-order valence-corrected chi connectivity index (χ0v) is 14.3. The third-order valence-electron chi connectivity index (χ3n) is 3.39. The molecule has 0 fully saturated rings. The maximum absolute atomic E-state index is 12.0. The van der Waals surface area contributed by atoms with Gasteiger partial charge in [0, 0.05) is 19.1 Å². The molecule has 120 valence electrons. The predicted molar refractivity (Wildman–Crippen MR) is 82.8 cm³/mol. The molecule has 0 bridgehead atoms. The van der Waals surface area contributed by atoms with Crippen molar-refractivity contribution in [2.75, 3.05) is 13.7 Å². The molecule has 20 heavy (non-hydrogen) atoms. The van der Waals surface area contributed by atoms with Gasteiger partial charge in [-0.25, -0.2) is 0 Å². The molecule has 0 saturated carbocycles. The van der Waals surface area contributed by atoms with Crippen molar-refractivity contribution >= 4 is 5.97 Å². The SMILES string of the molecule is CCCC(C)COC(C)CC(C)(NC(C)C)C(=O)OC. The fourth-order valence-electron chi connectivity index (χ4n) is 2.60. The Labute approximate surface area is 124 Å². The summed E-state index contributed by atoms with van der Waals surface area (Å²) in [7, 11) is 1.43. The van der Waals surface area contributed by atoms with Crippen molar-refractivity contribution < 1.29 is 14.3 Å². The van der Waals surface area contributed by atoms with Gasteiger partial charge in [0.15, 0.2) is 0 Å². The standard InChI is InChI=1S/C16H33NO3/c1-8-9-13(4)11-20-14(5)10-16(6,15(18)19-7)17-12(2)3/h12-14,17H,8-11H2,1-7H3. The van der Waals surface area contributed by atoms with E-state index in [4.69, 9.17) is 9.47 Å². The highest BCUT2D eigenvalue weighted by Gasteiger charge is 2.36. The van der Waals surface area contributed by atoms with Crippen LogP contribution in [0.1, 0.15) is 60.8 Å². The van der Waals surface area contributed by atoms with Gasteiger partial charge in [-0.15, -0.1) is 0 Å². The van der Waals surface area contributed by atoms with Gasteiger partial charge in [0.05, 0.1) is 13.2 Å². The molecule has 0 aromatic heterocycles. The van der Waals surface area contributed by atoms with Crippen molar-refractivity contribution in [2.45, 2.75) is 78.5 Å². The van der Waals surface area contributed by atoms with Crippen LogP contribution in [0.4, 0.5) is 0 Å². The molecule has 4 nitrogen and oxygen atoms in total. The van der Waals surface area contributed by atoms with Crippen LogP contribution in [-0.4, -0.2) is 37.4 Å². The first-order valence-corrected chi connectivity index (χ1v) is 7.72. The molecule has 0 aromatic rings. The maximum atomic E-state index is 12.0. The normalized spacial score (nSPS) is 17.6. The zero-order chi connectivity index (χ0) is 15.8. The first-order chi connectivity index (χ1) is 9.25. The van der Waals surface area contributed by atoms with Crippen LogP contribution in [0.2, 0.25) is 0 Å². The molecule has 3 unspecified atom stereocenters. The third-order valence-corrected chi connectivity index (χ3v) is 3.39. The number of rotatable bonds is 10. The van der Waals surface area contributed by atoms with E-state index in [-0.39, 0.29) is 18.1 Å². The summed E-state index contributed by atoms with van der Waals surface area (Å²) in [6.07, 6.45) is 2.97. The van der Waals surface area contributed by atoms with Crippen LogP contribution < -0.4 is 5.32 Å². The second kappa shape index (κ2) is 9.35. The molecule has 3 atom stereocenters. The van der Waals surface area contributed by atoms with Crippen molar-refractivity contribution in [1.82, 2.24) is 5.32 Å². The van der Waals surface area contributed by atoms with Crippen molar-refractivity contribution in [2.24, 2.45) is 5.92 Å². The van der Waals surface area contributed by atoms with Crippen LogP contribution >= 0.6 is 0 Å². The Morgan fingerprint density at radius 1 is 1.25 bits per heavy atom. The highest BCUT2D eigenvalue weighted by molar-refractivity contribution is 5.80. The molecule has 0 rings (SSSR count). The fourth-order valence-corrected chi connectivity index (χ4v) is 2.60. The summed E-state index contributed by atoms with van der Waals surface area (Å²) in [5.41, 5.74) is -0.698. The lowest BCUT2D eigenvalue weighted by Crippen LogP contribution is -2.54. The first kappa shape index (κ1) is 19.4. The van der Waals surface area contributed by atoms with Crippen LogP contribution in [0, 0.1) is 5.92 Å². The van der Waals surface area contributed by atoms with Gasteiger partial charge >= 0.3 is 5.97 Å². The van der Waals surface area contributed by atoms with Crippen LogP contribution in [0.25, 0.3) is 0 Å². The van der Waals surface area contributed by atoms with Crippen LogP contribution in [0.3, 0.4) is 0 Å². The number of nitrogens with one attached hydrogen (secondary N) is 1. The van der Waals surface area contributed by atoms with E-state index in [9.17, 15) is 4.79 Å². The van der Waals surface area contributed by atoms with Crippen molar-refractivity contribution in [3.8, 4) is 0 Å². The van der Waals surface area contributed by atoms with E-state index in [1.54, 1.807) is 0 Å². The fraction of sp³-hybridized carbons (Fsp3) is 0.938. The smallest absolute Gasteiger partial charge is 0.325 e. The van der Waals surface area contributed by atoms with Crippen LogP contribution in [0.5, 0.6) is 0 Å². The van der Waals surface area contributed by atoms with Gasteiger partial charge in [-0.3, -0.25) is 10.1 Å². The Morgan fingerprint density at radius 2 is 1.85 bits per heavy atom. The van der Waals surface area contributed by atoms with E-state index >= 15 is 0 Å². The summed E-state index contributed by atoms with van der Waals surface area (Å²) in [6, 6.07) is 0.213. The molecule has 0 saturated heterocycles. The number of ether oxygens (including phenoxy) is 2. The number of hydrogen-bond donors (Lipinski definition) is 1. The van der Waals surface area contributed by atoms with E-state index in [0.29, 0.717) is 12.3 Å². The lowest BCUT2D eigenvalue weighted by Gasteiger charge is -2.32. The molecule has 0 aromatic carbocycles. The molecule has 0 amide bonds. The van der Waals surface area contributed by atoms with Gasteiger partial charge in [0.1, 0.15) is 5.54 Å². The molecule has 0 radical (unpaired) electrons. The molecular weight excluding hydrogens is 254 g/mol. The molecule has 1 N–H and O–H groups in total. The Balaban J connectivity index is 4.46. The zero-order valence-electron chi connectivity index (χ0n) is 14.3. The van der Waals surface area contributed by atoms with E-state index in [1.807, 2.05) is 27.7 Å². The van der Waals surface area contributed by atoms with Crippen LogP contribution in [-0.2, 0) is 14.3 Å². The van der Waals surface area contributed by atoms with Crippen molar-refractivity contribution in [3.63, 3.8) is 0 Å². The number of carbonyl (C=O) groups is 1. The van der Waals surface area contributed by atoms with Gasteiger partial charge in [-0.05, 0) is 40.0 Å². The monoisotopic (exact) mass is 287 g/mol. The third kappa shape index (κ3) is 7.25. The number of methoxy groups -OCH3 is 1. The molecule has 0 aliphatic heterocycles. The first-order valence-electron chi connectivity index (χ1n) is 7.72. The summed E-state index contributed by atoms with van der Waals surface area (Å²) in [6.45, 7) is 13.1. The van der Waals surface area contributed by atoms with Gasteiger partial charge in [-0.2, -0.15) is 0 Å². The minimum Gasteiger partial charge on any atom is -0.468 e. The van der Waals surface area contributed by atoms with E-state index < -0.39 is 5.54 Å². The largest absolute Gasteiger partial charge is 0.468 e. The van der Waals surface area contributed by atoms with E-state index in [1.165, 1.54) is 20.0 Å². The Hall–Kier alpha value is -0.610. The Morgan fingerprint density at radius 3 is 2.30 bits per heavy atom. The van der Waals surface area contributed by atoms with Gasteiger partial charge in [-0.1, -0.05) is 20.3 Å². The maximum Gasteiger partial charge on any atom is 0.325 e. The molecule has 0 aliphatic carbocycles. The average Bonchev–Trinajstić information content (AvgIpc) is 2.34. The van der Waals surface area contributed by atoms with Crippen molar-refractivity contribution in [1.29, 1.82) is 0 Å². The summed E-state index contributed by atoms with van der Waals surface area (Å²) < 4.78 is 10.8. The molecule has 0 spiro atoms. The average molecular weight is 287 g/mol. The highest BCUT2D eigenvalue weighted by Crippen LogP contribution is 2.18.